The highest BCUT2D eigenvalue weighted by Crippen LogP contribution is 2.32. The summed E-state index contributed by atoms with van der Waals surface area (Å²) in [7, 11) is 0. The van der Waals surface area contributed by atoms with Crippen LogP contribution in [0.15, 0.2) is 34.1 Å². The summed E-state index contributed by atoms with van der Waals surface area (Å²) in [6.45, 7) is 0.656. The van der Waals surface area contributed by atoms with E-state index in [0.717, 1.165) is 27.9 Å². The van der Waals surface area contributed by atoms with Gasteiger partial charge < -0.3 is 10.6 Å². The monoisotopic (exact) mass is 364 g/mol. The molecule has 6 heteroatoms. The van der Waals surface area contributed by atoms with Crippen LogP contribution in [0.5, 0.6) is 0 Å². The van der Waals surface area contributed by atoms with E-state index in [2.05, 4.69) is 15.9 Å². The highest BCUT2D eigenvalue weighted by atomic mass is 79.9. The van der Waals surface area contributed by atoms with Crippen LogP contribution < -0.4 is 10.6 Å². The normalized spacial score (nSPS) is 13.9. The van der Waals surface area contributed by atoms with Gasteiger partial charge in [-0.3, -0.25) is 9.59 Å². The molecule has 0 saturated carbocycles. The van der Waals surface area contributed by atoms with Crippen molar-refractivity contribution in [1.29, 1.82) is 0 Å². The highest BCUT2D eigenvalue weighted by Gasteiger charge is 2.26. The lowest BCUT2D eigenvalue weighted by Gasteiger charge is -2.30. The third-order valence-corrected chi connectivity index (χ3v) is 5.16. The van der Waals surface area contributed by atoms with Gasteiger partial charge in [0.25, 0.3) is 5.91 Å². The summed E-state index contributed by atoms with van der Waals surface area (Å²) in [4.78, 5) is 26.6. The quantitative estimate of drug-likeness (QED) is 0.888. The molecule has 2 amide bonds. The van der Waals surface area contributed by atoms with Gasteiger partial charge in [0.05, 0.1) is 8.66 Å². The van der Waals surface area contributed by atoms with Gasteiger partial charge in [0.2, 0.25) is 5.91 Å². The summed E-state index contributed by atoms with van der Waals surface area (Å²) >= 11 is 4.78. The second-order valence-corrected chi connectivity index (χ2v) is 7.29. The van der Waals surface area contributed by atoms with Crippen LogP contribution in [0.25, 0.3) is 0 Å². The summed E-state index contributed by atoms with van der Waals surface area (Å²) < 4.78 is 0.925. The zero-order valence-electron chi connectivity index (χ0n) is 11.1. The summed E-state index contributed by atoms with van der Waals surface area (Å²) in [6, 6.07) is 9.04. The maximum absolute atomic E-state index is 12.7. The number of nitrogens with two attached hydrogens (primary N) is 1. The molecule has 0 bridgehead atoms. The summed E-state index contributed by atoms with van der Waals surface area (Å²) in [5.74, 6) is -0.478. The van der Waals surface area contributed by atoms with E-state index in [1.807, 2.05) is 18.2 Å². The zero-order chi connectivity index (χ0) is 15.0. The molecule has 3 rings (SSSR count). The van der Waals surface area contributed by atoms with E-state index in [9.17, 15) is 9.59 Å². The lowest BCUT2D eigenvalue weighted by atomic mass is 9.95. The van der Waals surface area contributed by atoms with Crippen molar-refractivity contribution in [2.45, 2.75) is 12.8 Å². The number of halogens is 1. The first-order chi connectivity index (χ1) is 10.1. The van der Waals surface area contributed by atoms with Crippen LogP contribution in [0.2, 0.25) is 0 Å². The second kappa shape index (κ2) is 5.61. The Hall–Kier alpha value is -1.66. The number of benzene rings is 1. The van der Waals surface area contributed by atoms with Gasteiger partial charge in [-0.25, -0.2) is 0 Å². The van der Waals surface area contributed by atoms with Crippen LogP contribution in [0.4, 0.5) is 5.69 Å². The van der Waals surface area contributed by atoms with E-state index < -0.39 is 5.91 Å². The Morgan fingerprint density at radius 3 is 2.71 bits per heavy atom. The van der Waals surface area contributed by atoms with Crippen molar-refractivity contribution >= 4 is 44.8 Å². The molecule has 1 aliphatic rings. The number of hydrogen-bond acceptors (Lipinski definition) is 3. The number of amides is 2. The third-order valence-electron chi connectivity index (χ3n) is 3.55. The van der Waals surface area contributed by atoms with Gasteiger partial charge in [0, 0.05) is 17.8 Å². The molecule has 0 saturated heterocycles. The average Bonchev–Trinajstić information content (AvgIpc) is 2.91. The minimum Gasteiger partial charge on any atom is -0.366 e. The lowest BCUT2D eigenvalue weighted by molar-refractivity contribution is 0.0980. The van der Waals surface area contributed by atoms with Crippen LogP contribution >= 0.6 is 27.3 Å². The van der Waals surface area contributed by atoms with Gasteiger partial charge in [0.15, 0.2) is 0 Å². The van der Waals surface area contributed by atoms with Crippen molar-refractivity contribution < 1.29 is 9.59 Å². The fraction of sp³-hybridized carbons (Fsp3) is 0.200. The van der Waals surface area contributed by atoms with Gasteiger partial charge in [-0.15, -0.1) is 11.3 Å². The highest BCUT2D eigenvalue weighted by molar-refractivity contribution is 9.11. The molecule has 0 unspecified atom stereocenters. The molecule has 1 aromatic carbocycles. The number of nitrogens with zero attached hydrogens (tertiary/aromatic N) is 1. The predicted octanol–water partition coefficient (Wildman–Crippen LogP) is 3.20. The standard InChI is InChI=1S/C15H13BrN2O2S/c16-13-7-6-12(21-13)15(20)18-8-2-4-9-10(14(17)19)3-1-5-11(9)18/h1,3,5-7H,2,4,8H2,(H2,17,19). The Labute approximate surface area is 134 Å². The molecule has 0 atom stereocenters. The predicted molar refractivity (Wildman–Crippen MR) is 87.0 cm³/mol. The van der Waals surface area contributed by atoms with Crippen molar-refractivity contribution in [3.05, 3.63) is 50.1 Å². The molecule has 0 spiro atoms. The molecular formula is C15H13BrN2O2S. The smallest absolute Gasteiger partial charge is 0.268 e. The molecule has 1 aliphatic heterocycles. The van der Waals surface area contributed by atoms with E-state index in [-0.39, 0.29) is 5.91 Å². The minimum atomic E-state index is -0.444. The SMILES string of the molecule is NC(=O)c1cccc2c1CCCN2C(=O)c1ccc(Br)s1. The van der Waals surface area contributed by atoms with Crippen molar-refractivity contribution in [3.63, 3.8) is 0 Å². The van der Waals surface area contributed by atoms with Gasteiger partial charge in [-0.2, -0.15) is 0 Å². The van der Waals surface area contributed by atoms with Gasteiger partial charge in [-0.05, 0) is 58.6 Å². The summed E-state index contributed by atoms with van der Waals surface area (Å²) in [5, 5.41) is 0. The molecule has 2 N–H and O–H groups in total. The largest absolute Gasteiger partial charge is 0.366 e. The van der Waals surface area contributed by atoms with E-state index in [1.165, 1.54) is 11.3 Å². The Morgan fingerprint density at radius 2 is 2.05 bits per heavy atom. The first-order valence-electron chi connectivity index (χ1n) is 6.57. The van der Waals surface area contributed by atoms with E-state index in [0.29, 0.717) is 17.0 Å². The number of hydrogen-bond donors (Lipinski definition) is 1. The Bertz CT molecular complexity index is 726. The maximum Gasteiger partial charge on any atom is 0.268 e. The molecule has 0 radical (unpaired) electrons. The number of rotatable bonds is 2. The number of fused-ring (bicyclic) bond motifs is 1. The lowest BCUT2D eigenvalue weighted by Crippen LogP contribution is -2.36. The molecule has 0 fully saturated rings. The topological polar surface area (TPSA) is 63.4 Å². The number of carbonyl (C=O) groups excluding carboxylic acids is 2. The van der Waals surface area contributed by atoms with E-state index in [1.54, 1.807) is 17.0 Å². The van der Waals surface area contributed by atoms with Crippen LogP contribution in [-0.2, 0) is 6.42 Å². The van der Waals surface area contributed by atoms with Crippen LogP contribution in [0, 0.1) is 0 Å². The molecule has 0 aliphatic carbocycles. The molecule has 21 heavy (non-hydrogen) atoms. The van der Waals surface area contributed by atoms with E-state index in [4.69, 9.17) is 5.73 Å². The van der Waals surface area contributed by atoms with Crippen molar-refractivity contribution in [1.82, 2.24) is 0 Å². The number of primary amides is 1. The number of anilines is 1. The number of thiophene rings is 1. The fourth-order valence-electron chi connectivity index (χ4n) is 2.63. The summed E-state index contributed by atoms with van der Waals surface area (Å²) in [5.41, 5.74) is 7.61. The Balaban J connectivity index is 2.03. The molecule has 108 valence electrons. The minimum absolute atomic E-state index is 0.0340. The van der Waals surface area contributed by atoms with E-state index >= 15 is 0 Å². The fourth-order valence-corrected chi connectivity index (χ4v) is 3.96. The molecule has 2 aromatic rings. The first kappa shape index (κ1) is 14.3. The van der Waals surface area contributed by atoms with Gasteiger partial charge in [0.1, 0.15) is 0 Å². The first-order valence-corrected chi connectivity index (χ1v) is 8.18. The average molecular weight is 365 g/mol. The Morgan fingerprint density at radius 1 is 1.24 bits per heavy atom. The molecular weight excluding hydrogens is 352 g/mol. The Kier molecular flexibility index (Phi) is 3.82. The van der Waals surface area contributed by atoms with Crippen molar-refractivity contribution in [2.24, 2.45) is 5.73 Å². The van der Waals surface area contributed by atoms with Crippen molar-refractivity contribution in [2.75, 3.05) is 11.4 Å². The zero-order valence-corrected chi connectivity index (χ0v) is 13.5. The maximum atomic E-state index is 12.7. The van der Waals surface area contributed by atoms with Crippen LogP contribution in [0.1, 0.15) is 32.0 Å². The summed E-state index contributed by atoms with van der Waals surface area (Å²) in [6.07, 6.45) is 1.60. The van der Waals surface area contributed by atoms with Crippen molar-refractivity contribution in [3.8, 4) is 0 Å². The van der Waals surface area contributed by atoms with Crippen LogP contribution in [-0.4, -0.2) is 18.4 Å². The van der Waals surface area contributed by atoms with Crippen LogP contribution in [0.3, 0.4) is 0 Å². The number of carbonyl (C=O) groups is 2. The third kappa shape index (κ3) is 2.61. The van der Waals surface area contributed by atoms with Gasteiger partial charge in [-0.1, -0.05) is 6.07 Å². The van der Waals surface area contributed by atoms with Gasteiger partial charge >= 0.3 is 0 Å². The molecule has 1 aromatic heterocycles. The second-order valence-electron chi connectivity index (χ2n) is 4.83. The molecule has 2 heterocycles. The molecule has 4 nitrogen and oxygen atoms in total.